The molecule has 0 fully saturated rings. The largest absolute Gasteiger partial charge is 0.467 e. The van der Waals surface area contributed by atoms with Crippen LogP contribution in [0.2, 0.25) is 0 Å². The summed E-state index contributed by atoms with van der Waals surface area (Å²) in [5, 5.41) is 5.02. The number of alkyl carbamates (subject to hydrolysis) is 1. The summed E-state index contributed by atoms with van der Waals surface area (Å²) in [5.41, 5.74) is -0.665. The van der Waals surface area contributed by atoms with Gasteiger partial charge in [-0.15, -0.1) is 0 Å². The van der Waals surface area contributed by atoms with Gasteiger partial charge in [-0.25, -0.2) is 9.59 Å². The first-order valence-corrected chi connectivity index (χ1v) is 7.63. The normalized spacial score (nSPS) is 14.0. The molecule has 0 spiro atoms. The van der Waals surface area contributed by atoms with Crippen LogP contribution in [0.3, 0.4) is 0 Å². The van der Waals surface area contributed by atoms with Gasteiger partial charge < -0.3 is 20.1 Å². The van der Waals surface area contributed by atoms with E-state index in [9.17, 15) is 14.4 Å². The van der Waals surface area contributed by atoms with Gasteiger partial charge in [0.05, 0.1) is 7.11 Å². The maximum Gasteiger partial charge on any atom is 0.408 e. The van der Waals surface area contributed by atoms with Crippen LogP contribution in [-0.4, -0.2) is 48.5 Å². The first-order chi connectivity index (χ1) is 10.0. The monoisotopic (exact) mass is 334 g/mol. The second-order valence-electron chi connectivity index (χ2n) is 6.13. The molecule has 0 aromatic rings. The van der Waals surface area contributed by atoms with Crippen molar-refractivity contribution in [1.82, 2.24) is 10.6 Å². The zero-order chi connectivity index (χ0) is 17.5. The van der Waals surface area contributed by atoms with Crippen molar-refractivity contribution in [3.05, 3.63) is 0 Å². The summed E-state index contributed by atoms with van der Waals surface area (Å²) in [7, 11) is 1.23. The van der Waals surface area contributed by atoms with E-state index in [1.54, 1.807) is 34.6 Å². The van der Waals surface area contributed by atoms with Crippen LogP contribution in [0.4, 0.5) is 4.79 Å². The van der Waals surface area contributed by atoms with Crippen LogP contribution in [0.15, 0.2) is 0 Å². The van der Waals surface area contributed by atoms with Crippen molar-refractivity contribution in [2.24, 2.45) is 5.92 Å². The smallest absolute Gasteiger partial charge is 0.408 e. The molecule has 0 rings (SSSR count). The number of carbonyl (C=O) groups excluding carboxylic acids is 3. The van der Waals surface area contributed by atoms with E-state index < -0.39 is 35.7 Å². The summed E-state index contributed by atoms with van der Waals surface area (Å²) in [5.74, 6) is -1.19. The Kier molecular flexibility index (Phi) is 8.29. The van der Waals surface area contributed by atoms with Crippen LogP contribution in [0.25, 0.3) is 0 Å². The number of hydrogen-bond acceptors (Lipinski definition) is 6. The molecule has 0 saturated carbocycles. The molecule has 2 amide bonds. The van der Waals surface area contributed by atoms with Gasteiger partial charge in [-0.1, -0.05) is 13.8 Å². The Morgan fingerprint density at radius 3 is 2.05 bits per heavy atom. The molecule has 0 radical (unpaired) electrons. The fourth-order valence-corrected chi connectivity index (χ4v) is 1.79. The molecule has 8 heteroatoms. The van der Waals surface area contributed by atoms with E-state index in [-0.39, 0.29) is 11.7 Å². The van der Waals surface area contributed by atoms with Crippen molar-refractivity contribution >= 4 is 30.6 Å². The molecule has 1 unspecified atom stereocenters. The molecular weight excluding hydrogens is 308 g/mol. The van der Waals surface area contributed by atoms with Gasteiger partial charge in [-0.3, -0.25) is 4.79 Å². The molecule has 128 valence electrons. The fraction of sp³-hybridized carbons (Fsp3) is 0.786. The molecule has 22 heavy (non-hydrogen) atoms. The molecule has 0 aliphatic heterocycles. The fourth-order valence-electron chi connectivity index (χ4n) is 1.55. The maximum absolute atomic E-state index is 12.3. The summed E-state index contributed by atoms with van der Waals surface area (Å²) in [6.45, 7) is 8.73. The van der Waals surface area contributed by atoms with Crippen molar-refractivity contribution in [3.63, 3.8) is 0 Å². The second kappa shape index (κ2) is 8.87. The van der Waals surface area contributed by atoms with E-state index in [0.29, 0.717) is 0 Å². The number of rotatable bonds is 6. The van der Waals surface area contributed by atoms with Crippen LogP contribution < -0.4 is 10.6 Å². The quantitative estimate of drug-likeness (QED) is 0.500. The van der Waals surface area contributed by atoms with Crippen LogP contribution >= 0.6 is 12.6 Å². The number of methoxy groups -OCH3 is 1. The van der Waals surface area contributed by atoms with Gasteiger partial charge in [0.1, 0.15) is 17.7 Å². The minimum Gasteiger partial charge on any atom is -0.467 e. The minimum absolute atomic E-state index is 0.0929. The molecule has 0 aliphatic rings. The summed E-state index contributed by atoms with van der Waals surface area (Å²) in [6.07, 6.45) is -0.693. The summed E-state index contributed by atoms with van der Waals surface area (Å²) in [4.78, 5) is 35.5. The Labute approximate surface area is 136 Å². The summed E-state index contributed by atoms with van der Waals surface area (Å²) >= 11 is 4.00. The standard InChI is InChI=1S/C14H26N2O5S/c1-8(2)10(16-13(19)21-14(3,4)5)11(17)15-9(7-22)12(18)20-6/h8-10,22H,7H2,1-6H3,(H,15,17)(H,16,19)/t9?,10-/m0/s1. The Hall–Kier alpha value is -1.44. The van der Waals surface area contributed by atoms with Crippen molar-refractivity contribution in [3.8, 4) is 0 Å². The highest BCUT2D eigenvalue weighted by atomic mass is 32.1. The number of thiol groups is 1. The van der Waals surface area contributed by atoms with Crippen LogP contribution in [0, 0.1) is 5.92 Å². The lowest BCUT2D eigenvalue weighted by atomic mass is 10.0. The molecule has 0 aliphatic carbocycles. The number of nitrogens with one attached hydrogen (secondary N) is 2. The topological polar surface area (TPSA) is 93.7 Å². The molecule has 0 aromatic carbocycles. The van der Waals surface area contributed by atoms with Crippen molar-refractivity contribution < 1.29 is 23.9 Å². The third-order valence-corrected chi connectivity index (χ3v) is 2.97. The van der Waals surface area contributed by atoms with Crippen LogP contribution in [0.1, 0.15) is 34.6 Å². The molecule has 0 saturated heterocycles. The molecule has 0 aromatic heterocycles. The minimum atomic E-state index is -0.873. The van der Waals surface area contributed by atoms with Gasteiger partial charge in [0.25, 0.3) is 0 Å². The van der Waals surface area contributed by atoms with Crippen molar-refractivity contribution in [1.29, 1.82) is 0 Å². The van der Waals surface area contributed by atoms with E-state index in [1.807, 2.05) is 0 Å². The van der Waals surface area contributed by atoms with Gasteiger partial charge in [0.15, 0.2) is 0 Å². The van der Waals surface area contributed by atoms with Crippen molar-refractivity contribution in [2.45, 2.75) is 52.3 Å². The molecular formula is C14H26N2O5S. The first kappa shape index (κ1) is 20.6. The Morgan fingerprint density at radius 2 is 1.68 bits per heavy atom. The number of carbonyl (C=O) groups is 3. The SMILES string of the molecule is COC(=O)C(CS)NC(=O)[C@@H](NC(=O)OC(C)(C)C)C(C)C. The van der Waals surface area contributed by atoms with E-state index in [2.05, 4.69) is 28.0 Å². The van der Waals surface area contributed by atoms with Gasteiger partial charge in [0.2, 0.25) is 5.91 Å². The third-order valence-electron chi connectivity index (χ3n) is 2.61. The predicted molar refractivity (Wildman–Crippen MR) is 85.8 cm³/mol. The lowest BCUT2D eigenvalue weighted by molar-refractivity contribution is -0.144. The van der Waals surface area contributed by atoms with Crippen molar-refractivity contribution in [2.75, 3.05) is 12.9 Å². The lowest BCUT2D eigenvalue weighted by Crippen LogP contribution is -2.55. The molecule has 0 bridgehead atoms. The zero-order valence-electron chi connectivity index (χ0n) is 13.9. The zero-order valence-corrected chi connectivity index (χ0v) is 14.8. The Morgan fingerprint density at radius 1 is 1.14 bits per heavy atom. The highest BCUT2D eigenvalue weighted by Crippen LogP contribution is 2.09. The first-order valence-electron chi connectivity index (χ1n) is 7.00. The van der Waals surface area contributed by atoms with E-state index in [4.69, 9.17) is 4.74 Å². The highest BCUT2D eigenvalue weighted by Gasteiger charge is 2.30. The summed E-state index contributed by atoms with van der Waals surface area (Å²) < 4.78 is 9.71. The summed E-state index contributed by atoms with van der Waals surface area (Å²) in [6, 6.07) is -1.70. The number of esters is 1. The molecule has 7 nitrogen and oxygen atoms in total. The maximum atomic E-state index is 12.3. The second-order valence-corrected chi connectivity index (χ2v) is 6.50. The third kappa shape index (κ3) is 7.53. The van der Waals surface area contributed by atoms with E-state index >= 15 is 0 Å². The molecule has 2 N–H and O–H groups in total. The van der Waals surface area contributed by atoms with Gasteiger partial charge in [0, 0.05) is 5.75 Å². The van der Waals surface area contributed by atoms with Gasteiger partial charge in [-0.2, -0.15) is 12.6 Å². The Bertz CT molecular complexity index is 407. The molecule has 0 heterocycles. The molecule has 2 atom stereocenters. The number of ether oxygens (including phenoxy) is 2. The van der Waals surface area contributed by atoms with E-state index in [1.165, 1.54) is 7.11 Å². The van der Waals surface area contributed by atoms with Crippen LogP contribution in [0.5, 0.6) is 0 Å². The number of hydrogen-bond donors (Lipinski definition) is 3. The average Bonchev–Trinajstić information content (AvgIpc) is 2.38. The Balaban J connectivity index is 4.84. The van der Waals surface area contributed by atoms with Gasteiger partial charge in [-0.05, 0) is 26.7 Å². The number of amides is 2. The lowest BCUT2D eigenvalue weighted by Gasteiger charge is -2.26. The van der Waals surface area contributed by atoms with Gasteiger partial charge >= 0.3 is 12.1 Å². The highest BCUT2D eigenvalue weighted by molar-refractivity contribution is 7.80. The average molecular weight is 334 g/mol. The van der Waals surface area contributed by atoms with E-state index in [0.717, 1.165) is 0 Å². The predicted octanol–water partition coefficient (Wildman–Crippen LogP) is 1.12. The van der Waals surface area contributed by atoms with Crippen LogP contribution in [-0.2, 0) is 19.1 Å².